The molecule has 0 N–H and O–H groups in total. The van der Waals surface area contributed by atoms with Crippen molar-refractivity contribution in [2.45, 2.75) is 37.5 Å². The van der Waals surface area contributed by atoms with Crippen LogP contribution in [0.1, 0.15) is 38.2 Å². The molecule has 0 nitrogen and oxygen atoms in total. The van der Waals surface area contributed by atoms with Crippen LogP contribution in [0.15, 0.2) is 29.2 Å². The Balaban J connectivity index is 2.73. The maximum Gasteiger partial charge on any atom is 0.00428 e. The Morgan fingerprint density at radius 2 is 2.17 bits per heavy atom. The summed E-state index contributed by atoms with van der Waals surface area (Å²) < 4.78 is 0. The first kappa shape index (κ1) is 9.66. The van der Waals surface area contributed by atoms with Gasteiger partial charge in [-0.25, -0.2) is 0 Å². The predicted octanol–water partition coefficient (Wildman–Crippen LogP) is 3.88. The van der Waals surface area contributed by atoms with Gasteiger partial charge >= 0.3 is 0 Å². The van der Waals surface area contributed by atoms with Gasteiger partial charge in [0.1, 0.15) is 0 Å². The summed E-state index contributed by atoms with van der Waals surface area (Å²) in [5.74, 6) is 0.669. The smallest absolute Gasteiger partial charge is 0.00428 e. The van der Waals surface area contributed by atoms with Crippen LogP contribution < -0.4 is 0 Å². The molecular weight excluding hydrogens is 164 g/mol. The Labute approximate surface area is 80.4 Å². The molecule has 0 bridgehead atoms. The number of thiol groups is 1. The molecule has 0 saturated heterocycles. The number of hydrogen-bond donors (Lipinski definition) is 1. The SMILES string of the molecule is CCCC(C)c1cccc(S)c1. The van der Waals surface area contributed by atoms with E-state index in [-0.39, 0.29) is 0 Å². The van der Waals surface area contributed by atoms with Crippen LogP contribution in [-0.2, 0) is 0 Å². The Morgan fingerprint density at radius 1 is 1.42 bits per heavy atom. The standard InChI is InChI=1S/C11H16S/c1-3-5-9(2)10-6-4-7-11(12)8-10/h4,6-9,12H,3,5H2,1-2H3. The molecule has 66 valence electrons. The highest BCUT2D eigenvalue weighted by Gasteiger charge is 2.03. The molecule has 1 aromatic carbocycles. The van der Waals surface area contributed by atoms with E-state index in [0.29, 0.717) is 5.92 Å². The van der Waals surface area contributed by atoms with Gasteiger partial charge in [0.2, 0.25) is 0 Å². The van der Waals surface area contributed by atoms with Gasteiger partial charge in [-0.3, -0.25) is 0 Å². The Morgan fingerprint density at radius 3 is 2.75 bits per heavy atom. The average molecular weight is 180 g/mol. The minimum Gasteiger partial charge on any atom is -0.143 e. The van der Waals surface area contributed by atoms with E-state index in [1.54, 1.807) is 0 Å². The summed E-state index contributed by atoms with van der Waals surface area (Å²) in [6.45, 7) is 4.49. The third-order valence-corrected chi connectivity index (χ3v) is 2.44. The van der Waals surface area contributed by atoms with E-state index in [1.807, 2.05) is 6.07 Å². The quantitative estimate of drug-likeness (QED) is 0.670. The fourth-order valence-electron chi connectivity index (χ4n) is 1.43. The summed E-state index contributed by atoms with van der Waals surface area (Å²) in [7, 11) is 0. The first-order valence-corrected chi connectivity index (χ1v) is 4.97. The lowest BCUT2D eigenvalue weighted by Crippen LogP contribution is -1.91. The van der Waals surface area contributed by atoms with Crippen molar-refractivity contribution >= 4 is 12.6 Å². The van der Waals surface area contributed by atoms with Crippen molar-refractivity contribution in [1.29, 1.82) is 0 Å². The van der Waals surface area contributed by atoms with Gasteiger partial charge in [0, 0.05) is 4.90 Å². The van der Waals surface area contributed by atoms with Crippen LogP contribution >= 0.6 is 12.6 Å². The van der Waals surface area contributed by atoms with E-state index < -0.39 is 0 Å². The third-order valence-electron chi connectivity index (χ3n) is 2.16. The molecular formula is C11H16S. The summed E-state index contributed by atoms with van der Waals surface area (Å²) >= 11 is 4.32. The summed E-state index contributed by atoms with van der Waals surface area (Å²) in [6, 6.07) is 8.43. The van der Waals surface area contributed by atoms with Gasteiger partial charge in [-0.2, -0.15) is 0 Å². The van der Waals surface area contributed by atoms with E-state index in [0.717, 1.165) is 4.90 Å². The topological polar surface area (TPSA) is 0 Å². The van der Waals surface area contributed by atoms with Gasteiger partial charge < -0.3 is 0 Å². The molecule has 1 atom stereocenters. The van der Waals surface area contributed by atoms with E-state index in [1.165, 1.54) is 18.4 Å². The number of benzene rings is 1. The first-order valence-electron chi connectivity index (χ1n) is 4.53. The lowest BCUT2D eigenvalue weighted by Gasteiger charge is -2.10. The molecule has 1 aromatic rings. The third kappa shape index (κ3) is 2.56. The Bertz CT molecular complexity index is 243. The van der Waals surface area contributed by atoms with Gasteiger partial charge in [0.15, 0.2) is 0 Å². The van der Waals surface area contributed by atoms with Crippen molar-refractivity contribution in [3.63, 3.8) is 0 Å². The van der Waals surface area contributed by atoms with Crippen molar-refractivity contribution < 1.29 is 0 Å². The zero-order chi connectivity index (χ0) is 8.97. The molecule has 1 rings (SSSR count). The van der Waals surface area contributed by atoms with Crippen LogP contribution in [0.2, 0.25) is 0 Å². The highest BCUT2D eigenvalue weighted by molar-refractivity contribution is 7.80. The van der Waals surface area contributed by atoms with E-state index in [2.05, 4.69) is 44.7 Å². The molecule has 0 saturated carbocycles. The molecule has 1 heteroatoms. The molecule has 0 heterocycles. The maximum atomic E-state index is 4.32. The van der Waals surface area contributed by atoms with Crippen molar-refractivity contribution in [3.8, 4) is 0 Å². The van der Waals surface area contributed by atoms with Gasteiger partial charge in [-0.15, -0.1) is 12.6 Å². The van der Waals surface area contributed by atoms with Crippen LogP contribution in [0.5, 0.6) is 0 Å². The number of rotatable bonds is 3. The second-order valence-corrected chi connectivity index (χ2v) is 3.80. The molecule has 0 aliphatic carbocycles. The molecule has 0 spiro atoms. The van der Waals surface area contributed by atoms with Crippen molar-refractivity contribution in [2.75, 3.05) is 0 Å². The highest BCUT2D eigenvalue weighted by atomic mass is 32.1. The molecule has 0 fully saturated rings. The van der Waals surface area contributed by atoms with Gasteiger partial charge in [0.25, 0.3) is 0 Å². The van der Waals surface area contributed by atoms with Crippen molar-refractivity contribution in [3.05, 3.63) is 29.8 Å². The van der Waals surface area contributed by atoms with Crippen LogP contribution in [-0.4, -0.2) is 0 Å². The summed E-state index contributed by atoms with van der Waals surface area (Å²) in [5.41, 5.74) is 1.41. The molecule has 0 amide bonds. The Kier molecular flexibility index (Phi) is 3.67. The van der Waals surface area contributed by atoms with Crippen LogP contribution in [0.4, 0.5) is 0 Å². The zero-order valence-corrected chi connectivity index (χ0v) is 8.64. The molecule has 0 aliphatic rings. The van der Waals surface area contributed by atoms with E-state index in [9.17, 15) is 0 Å². The normalized spacial score (nSPS) is 12.9. The summed E-state index contributed by atoms with van der Waals surface area (Å²) in [6.07, 6.45) is 2.51. The van der Waals surface area contributed by atoms with Crippen molar-refractivity contribution in [2.24, 2.45) is 0 Å². The Hall–Kier alpha value is -0.430. The molecule has 0 radical (unpaired) electrons. The van der Waals surface area contributed by atoms with Crippen LogP contribution in [0.25, 0.3) is 0 Å². The molecule has 1 unspecified atom stereocenters. The van der Waals surface area contributed by atoms with Gasteiger partial charge in [0.05, 0.1) is 0 Å². The summed E-state index contributed by atoms with van der Waals surface area (Å²) in [4.78, 5) is 1.07. The molecule has 0 aromatic heterocycles. The monoisotopic (exact) mass is 180 g/mol. The fourth-order valence-corrected chi connectivity index (χ4v) is 1.67. The maximum absolute atomic E-state index is 4.32. The van der Waals surface area contributed by atoms with Crippen molar-refractivity contribution in [1.82, 2.24) is 0 Å². The lowest BCUT2D eigenvalue weighted by atomic mass is 9.97. The molecule has 0 aliphatic heterocycles. The van der Waals surface area contributed by atoms with Gasteiger partial charge in [-0.1, -0.05) is 32.4 Å². The zero-order valence-electron chi connectivity index (χ0n) is 7.75. The second-order valence-electron chi connectivity index (χ2n) is 3.28. The van der Waals surface area contributed by atoms with E-state index >= 15 is 0 Å². The number of hydrogen-bond acceptors (Lipinski definition) is 1. The van der Waals surface area contributed by atoms with E-state index in [4.69, 9.17) is 0 Å². The fraction of sp³-hybridized carbons (Fsp3) is 0.455. The minimum atomic E-state index is 0.669. The van der Waals surface area contributed by atoms with Gasteiger partial charge in [-0.05, 0) is 30.0 Å². The minimum absolute atomic E-state index is 0.669. The van der Waals surface area contributed by atoms with Crippen LogP contribution in [0.3, 0.4) is 0 Å². The predicted molar refractivity (Wildman–Crippen MR) is 57.0 cm³/mol. The summed E-state index contributed by atoms with van der Waals surface area (Å²) in [5, 5.41) is 0. The average Bonchev–Trinajstić information content (AvgIpc) is 2.05. The lowest BCUT2D eigenvalue weighted by molar-refractivity contribution is 0.663. The first-order chi connectivity index (χ1) is 5.74. The largest absolute Gasteiger partial charge is 0.143 e. The second kappa shape index (κ2) is 4.56. The van der Waals surface area contributed by atoms with Crippen LogP contribution in [0, 0.1) is 0 Å². The highest BCUT2D eigenvalue weighted by Crippen LogP contribution is 2.22. The molecule has 12 heavy (non-hydrogen) atoms.